The first kappa shape index (κ1) is 15.2. The Morgan fingerprint density at radius 3 is 2.96 bits per heavy atom. The quantitative estimate of drug-likeness (QED) is 0.571. The number of carbonyl (C=O) groups is 1. The highest BCUT2D eigenvalue weighted by Gasteiger charge is 2.13. The molecule has 0 radical (unpaired) electrons. The van der Waals surface area contributed by atoms with Gasteiger partial charge in [0.05, 0.1) is 11.9 Å². The highest BCUT2D eigenvalue weighted by Crippen LogP contribution is 2.20. The fourth-order valence-corrected chi connectivity index (χ4v) is 3.20. The van der Waals surface area contributed by atoms with E-state index in [0.29, 0.717) is 15.7 Å². The van der Waals surface area contributed by atoms with Gasteiger partial charge in [-0.1, -0.05) is 29.5 Å². The number of benzene rings is 1. The van der Waals surface area contributed by atoms with Crippen molar-refractivity contribution in [3.8, 4) is 0 Å². The maximum absolute atomic E-state index is 12.1. The number of nitrogens with two attached hydrogens (primary N) is 1. The molecule has 0 bridgehead atoms. The number of nitrogens with one attached hydrogen (secondary N) is 1. The first-order chi connectivity index (χ1) is 11.1. The van der Waals surface area contributed by atoms with Gasteiger partial charge in [-0.25, -0.2) is 10.4 Å². The molecule has 23 heavy (non-hydrogen) atoms. The van der Waals surface area contributed by atoms with E-state index in [1.54, 1.807) is 13.1 Å². The average Bonchev–Trinajstić information content (AvgIpc) is 3.07. The zero-order valence-electron chi connectivity index (χ0n) is 12.9. The molecule has 0 saturated carbocycles. The Morgan fingerprint density at radius 2 is 2.26 bits per heavy atom. The number of nitrogens with zero attached hydrogens (tertiary/aromatic N) is 3. The number of para-hydroxylation sites is 1. The lowest BCUT2D eigenvalue weighted by Crippen LogP contribution is -2.17. The predicted octanol–water partition coefficient (Wildman–Crippen LogP) is 2.77. The molecule has 0 saturated heterocycles. The molecule has 1 amide bonds. The minimum Gasteiger partial charge on any atom is -0.375 e. The number of aromatic nitrogens is 2. The molecule has 0 atom stereocenters. The summed E-state index contributed by atoms with van der Waals surface area (Å²) in [6.45, 7) is 4.71. The Hall–Kier alpha value is -2.67. The van der Waals surface area contributed by atoms with E-state index in [9.17, 15) is 4.79 Å². The van der Waals surface area contributed by atoms with E-state index < -0.39 is 0 Å². The Kier molecular flexibility index (Phi) is 4.12. The number of carbonyl (C=O) groups excluding carboxylic acids is 1. The third-order valence-corrected chi connectivity index (χ3v) is 4.53. The van der Waals surface area contributed by atoms with Crippen LogP contribution in [0.5, 0.6) is 0 Å². The van der Waals surface area contributed by atoms with Crippen molar-refractivity contribution >= 4 is 39.5 Å². The maximum Gasteiger partial charge on any atom is 0.283 e. The van der Waals surface area contributed by atoms with E-state index in [0.717, 1.165) is 34.3 Å². The summed E-state index contributed by atoms with van der Waals surface area (Å²) in [5.41, 5.74) is 10.9. The third-order valence-electron chi connectivity index (χ3n) is 3.55. The van der Waals surface area contributed by atoms with Crippen LogP contribution in [-0.4, -0.2) is 21.7 Å². The van der Waals surface area contributed by atoms with Gasteiger partial charge in [0.1, 0.15) is 4.88 Å². The number of hydrogen-bond donors (Lipinski definition) is 2. The molecule has 7 heteroatoms. The molecule has 2 heterocycles. The molecule has 118 valence electrons. The molecular weight excluding hydrogens is 310 g/mol. The Labute approximate surface area is 137 Å². The van der Waals surface area contributed by atoms with Crippen LogP contribution in [-0.2, 0) is 6.54 Å². The monoisotopic (exact) mass is 327 g/mol. The summed E-state index contributed by atoms with van der Waals surface area (Å²) in [5.74, 6) is -0.299. The van der Waals surface area contributed by atoms with Crippen LogP contribution < -0.4 is 11.2 Å². The van der Waals surface area contributed by atoms with E-state index in [1.807, 2.05) is 24.4 Å². The molecule has 0 unspecified atom stereocenters. The van der Waals surface area contributed by atoms with Crippen LogP contribution in [0.1, 0.15) is 27.9 Å². The van der Waals surface area contributed by atoms with Crippen LogP contribution in [0, 0.1) is 6.92 Å². The number of amides is 1. The number of hydrogen-bond acceptors (Lipinski definition) is 5. The van der Waals surface area contributed by atoms with Crippen molar-refractivity contribution < 1.29 is 4.79 Å². The molecule has 3 rings (SSSR count). The first-order valence-electron chi connectivity index (χ1n) is 7.24. The molecule has 3 aromatic rings. The van der Waals surface area contributed by atoms with Gasteiger partial charge in [0.2, 0.25) is 0 Å². The zero-order chi connectivity index (χ0) is 16.4. The van der Waals surface area contributed by atoms with E-state index in [2.05, 4.69) is 33.1 Å². The minimum atomic E-state index is -0.299. The van der Waals surface area contributed by atoms with Crippen LogP contribution in [0.4, 0.5) is 5.13 Å². The van der Waals surface area contributed by atoms with Gasteiger partial charge >= 0.3 is 0 Å². The summed E-state index contributed by atoms with van der Waals surface area (Å²) in [6.07, 6.45) is 3.68. The summed E-state index contributed by atoms with van der Waals surface area (Å²) in [7, 11) is 0. The molecule has 6 nitrogen and oxygen atoms in total. The molecule has 0 aliphatic heterocycles. The molecule has 0 aliphatic carbocycles. The SMILES string of the molecule is CCn1cc(/C=N\NC(=O)c2sc(N)nc2C)c2ccccc21. The summed E-state index contributed by atoms with van der Waals surface area (Å²) in [4.78, 5) is 16.6. The van der Waals surface area contributed by atoms with Crippen molar-refractivity contribution in [2.75, 3.05) is 5.73 Å². The van der Waals surface area contributed by atoms with E-state index >= 15 is 0 Å². The summed E-state index contributed by atoms with van der Waals surface area (Å²) in [5, 5.41) is 5.55. The standard InChI is InChI=1S/C16H17N5OS/c1-3-21-9-11(12-6-4-5-7-13(12)21)8-18-20-15(22)14-10(2)19-16(17)23-14/h4-9H,3H2,1-2H3,(H2,17,19)(H,20,22)/b18-8-. The van der Waals surface area contributed by atoms with Crippen LogP contribution in [0.25, 0.3) is 10.9 Å². The van der Waals surface area contributed by atoms with Gasteiger partial charge in [-0.15, -0.1) is 0 Å². The second-order valence-electron chi connectivity index (χ2n) is 5.05. The lowest BCUT2D eigenvalue weighted by atomic mass is 10.2. The largest absolute Gasteiger partial charge is 0.375 e. The first-order valence-corrected chi connectivity index (χ1v) is 8.06. The topological polar surface area (TPSA) is 85.3 Å². The summed E-state index contributed by atoms with van der Waals surface area (Å²) in [6, 6.07) is 8.10. The van der Waals surface area contributed by atoms with Crippen molar-refractivity contribution in [3.63, 3.8) is 0 Å². The summed E-state index contributed by atoms with van der Waals surface area (Å²) < 4.78 is 2.15. The molecular formula is C16H17N5OS. The molecule has 2 aromatic heterocycles. The number of anilines is 1. The summed E-state index contributed by atoms with van der Waals surface area (Å²) >= 11 is 1.16. The molecule has 0 aliphatic rings. The average molecular weight is 327 g/mol. The lowest BCUT2D eigenvalue weighted by molar-refractivity contribution is 0.0958. The van der Waals surface area contributed by atoms with Crippen molar-refractivity contribution in [2.45, 2.75) is 20.4 Å². The minimum absolute atomic E-state index is 0.299. The Balaban J connectivity index is 1.81. The maximum atomic E-state index is 12.1. The van der Waals surface area contributed by atoms with Gasteiger partial charge in [-0.3, -0.25) is 4.79 Å². The molecule has 1 aromatic carbocycles. The van der Waals surface area contributed by atoms with Crippen molar-refractivity contribution in [3.05, 3.63) is 46.6 Å². The van der Waals surface area contributed by atoms with Crippen LogP contribution in [0.2, 0.25) is 0 Å². The van der Waals surface area contributed by atoms with Crippen LogP contribution >= 0.6 is 11.3 Å². The molecule has 0 fully saturated rings. The van der Waals surface area contributed by atoms with Gasteiger partial charge in [0.25, 0.3) is 5.91 Å². The number of thiazole rings is 1. The smallest absolute Gasteiger partial charge is 0.283 e. The van der Waals surface area contributed by atoms with Crippen molar-refractivity contribution in [2.24, 2.45) is 5.10 Å². The van der Waals surface area contributed by atoms with Gasteiger partial charge in [-0.05, 0) is 19.9 Å². The number of aryl methyl sites for hydroxylation is 2. The highest BCUT2D eigenvalue weighted by molar-refractivity contribution is 7.17. The van der Waals surface area contributed by atoms with Crippen LogP contribution in [0.3, 0.4) is 0 Å². The normalized spacial score (nSPS) is 11.4. The van der Waals surface area contributed by atoms with E-state index in [4.69, 9.17) is 5.73 Å². The second-order valence-corrected chi connectivity index (χ2v) is 6.08. The fourth-order valence-electron chi connectivity index (χ4n) is 2.48. The molecule has 3 N–H and O–H groups in total. The van der Waals surface area contributed by atoms with Crippen molar-refractivity contribution in [1.29, 1.82) is 0 Å². The van der Waals surface area contributed by atoms with Crippen LogP contribution in [0.15, 0.2) is 35.6 Å². The number of fused-ring (bicyclic) bond motifs is 1. The fraction of sp³-hybridized carbons (Fsp3) is 0.188. The van der Waals surface area contributed by atoms with Crippen molar-refractivity contribution in [1.82, 2.24) is 15.0 Å². The van der Waals surface area contributed by atoms with Gasteiger partial charge < -0.3 is 10.3 Å². The molecule has 0 spiro atoms. The number of rotatable bonds is 4. The Bertz CT molecular complexity index is 893. The second kappa shape index (κ2) is 6.21. The van der Waals surface area contributed by atoms with E-state index in [-0.39, 0.29) is 5.91 Å². The zero-order valence-corrected chi connectivity index (χ0v) is 13.7. The number of nitrogen functional groups attached to an aromatic ring is 1. The van der Waals surface area contributed by atoms with E-state index in [1.165, 1.54) is 0 Å². The lowest BCUT2D eigenvalue weighted by Gasteiger charge is -1.97. The third kappa shape index (κ3) is 2.95. The van der Waals surface area contributed by atoms with Gasteiger partial charge in [0, 0.05) is 29.2 Å². The number of hydrazone groups is 1. The Morgan fingerprint density at radius 1 is 1.48 bits per heavy atom. The highest BCUT2D eigenvalue weighted by atomic mass is 32.1. The van der Waals surface area contributed by atoms with Gasteiger partial charge in [0.15, 0.2) is 5.13 Å². The van der Waals surface area contributed by atoms with Gasteiger partial charge in [-0.2, -0.15) is 5.10 Å². The predicted molar refractivity (Wildman–Crippen MR) is 93.9 cm³/mol.